The molecule has 6 nitrogen and oxygen atoms in total. The molecule has 0 saturated carbocycles. The van der Waals surface area contributed by atoms with E-state index in [1.54, 1.807) is 6.07 Å². The van der Waals surface area contributed by atoms with Crippen LogP contribution >= 0.6 is 0 Å². The number of imidazole rings is 1. The highest BCUT2D eigenvalue weighted by Crippen LogP contribution is 2.31. The molecule has 0 unspecified atom stereocenters. The molecule has 0 aliphatic rings. The van der Waals surface area contributed by atoms with Gasteiger partial charge in [-0.15, -0.1) is 0 Å². The number of carbonyl (C=O) groups excluding carboxylic acids is 1. The predicted molar refractivity (Wildman–Crippen MR) is 107 cm³/mol. The van der Waals surface area contributed by atoms with Crippen molar-refractivity contribution in [1.29, 1.82) is 0 Å². The smallest absolute Gasteiger partial charge is 0.157 e. The topological polar surface area (TPSA) is 83.8 Å². The van der Waals surface area contributed by atoms with E-state index in [9.17, 15) is 4.79 Å². The second-order valence-electron chi connectivity index (χ2n) is 6.00. The summed E-state index contributed by atoms with van der Waals surface area (Å²) in [6.07, 6.45) is 1.69. The number of H-pyrrole nitrogens is 1. The lowest BCUT2D eigenvalue weighted by molar-refractivity contribution is 0.112. The van der Waals surface area contributed by atoms with E-state index in [-0.39, 0.29) is 0 Å². The van der Waals surface area contributed by atoms with E-state index in [4.69, 9.17) is 15.2 Å². The molecule has 2 aromatic heterocycles. The highest BCUT2D eigenvalue weighted by molar-refractivity contribution is 5.87. The summed E-state index contributed by atoms with van der Waals surface area (Å²) in [6.45, 7) is 2.13. The summed E-state index contributed by atoms with van der Waals surface area (Å²) in [4.78, 5) is 19.0. The van der Waals surface area contributed by atoms with Gasteiger partial charge in [0.2, 0.25) is 0 Å². The van der Waals surface area contributed by atoms with Crippen LogP contribution < -0.4 is 0 Å². The minimum Gasteiger partial charge on any atom is -0.400 e. The lowest BCUT2D eigenvalue weighted by atomic mass is 10.0. The van der Waals surface area contributed by atoms with Crippen molar-refractivity contribution in [3.63, 3.8) is 0 Å². The maximum atomic E-state index is 11.0. The van der Waals surface area contributed by atoms with Gasteiger partial charge in [0.15, 0.2) is 5.82 Å². The molecule has 0 aliphatic carbocycles. The average molecular weight is 362 g/mol. The van der Waals surface area contributed by atoms with E-state index in [0.717, 1.165) is 59.2 Å². The maximum absolute atomic E-state index is 11.0. The molecule has 2 N–H and O–H groups in total. The van der Waals surface area contributed by atoms with Gasteiger partial charge in [-0.05, 0) is 24.6 Å². The third kappa shape index (κ3) is 3.39. The maximum Gasteiger partial charge on any atom is 0.157 e. The lowest BCUT2D eigenvalue weighted by Gasteiger charge is -2.02. The fourth-order valence-electron chi connectivity index (χ4n) is 3.24. The van der Waals surface area contributed by atoms with E-state index >= 15 is 0 Å². The van der Waals surface area contributed by atoms with Crippen LogP contribution in [0.25, 0.3) is 33.8 Å². The third-order valence-electron chi connectivity index (χ3n) is 4.41. The predicted octanol–water partition coefficient (Wildman–Crippen LogP) is 3.61. The quantitative estimate of drug-likeness (QED) is 0.543. The summed E-state index contributed by atoms with van der Waals surface area (Å²) in [5, 5.41) is 11.7. The Kier molecular flexibility index (Phi) is 5.47. The number of aliphatic hydroxyl groups is 1. The van der Waals surface area contributed by atoms with Gasteiger partial charge in [0.1, 0.15) is 12.0 Å². The number of aldehydes is 1. The van der Waals surface area contributed by atoms with Crippen LogP contribution in [-0.4, -0.2) is 38.3 Å². The van der Waals surface area contributed by atoms with E-state index in [0.29, 0.717) is 5.56 Å². The number of aromatic amines is 1. The van der Waals surface area contributed by atoms with Crippen molar-refractivity contribution in [2.75, 3.05) is 7.11 Å². The number of hydrogen-bond donors (Lipinski definition) is 2. The van der Waals surface area contributed by atoms with Gasteiger partial charge in [-0.25, -0.2) is 4.98 Å². The summed E-state index contributed by atoms with van der Waals surface area (Å²) in [5.74, 6) is 0.770. The first-order valence-electron chi connectivity index (χ1n) is 8.72. The van der Waals surface area contributed by atoms with Gasteiger partial charge in [-0.3, -0.25) is 9.48 Å². The number of aromatic nitrogens is 4. The number of nitrogens with one attached hydrogen (secondary N) is 1. The highest BCUT2D eigenvalue weighted by Gasteiger charge is 2.20. The molecule has 0 bridgehead atoms. The molecule has 0 aliphatic heterocycles. The molecule has 138 valence electrons. The molecule has 0 atom stereocenters. The Morgan fingerprint density at radius 2 is 1.89 bits per heavy atom. The number of benzene rings is 2. The molecule has 27 heavy (non-hydrogen) atoms. The van der Waals surface area contributed by atoms with Crippen LogP contribution in [0.5, 0.6) is 0 Å². The molecule has 0 amide bonds. The zero-order chi connectivity index (χ0) is 19.4. The lowest BCUT2D eigenvalue weighted by Crippen LogP contribution is -1.96. The van der Waals surface area contributed by atoms with E-state index in [1.165, 1.54) is 0 Å². The van der Waals surface area contributed by atoms with E-state index in [2.05, 4.69) is 24.0 Å². The van der Waals surface area contributed by atoms with Crippen molar-refractivity contribution >= 4 is 17.3 Å². The Bertz CT molecular complexity index is 1060. The van der Waals surface area contributed by atoms with Gasteiger partial charge in [0.25, 0.3) is 0 Å². The zero-order valence-electron chi connectivity index (χ0n) is 15.6. The molecule has 4 aromatic rings. The molecule has 0 saturated heterocycles. The van der Waals surface area contributed by atoms with Gasteiger partial charge in [-0.2, -0.15) is 5.10 Å². The minimum absolute atomic E-state index is 0.633. The normalized spacial score (nSPS) is 10.5. The molecular formula is C21H22N4O2. The fourth-order valence-corrected chi connectivity index (χ4v) is 3.24. The van der Waals surface area contributed by atoms with E-state index < -0.39 is 0 Å². The summed E-state index contributed by atoms with van der Waals surface area (Å²) < 4.78 is 1.87. The van der Waals surface area contributed by atoms with Crippen LogP contribution in [0.15, 0.2) is 48.5 Å². The van der Waals surface area contributed by atoms with Gasteiger partial charge in [0.05, 0.1) is 16.7 Å². The summed E-state index contributed by atoms with van der Waals surface area (Å²) in [5.41, 5.74) is 6.53. The van der Waals surface area contributed by atoms with Crippen LogP contribution in [0.1, 0.15) is 22.8 Å². The van der Waals surface area contributed by atoms with Gasteiger partial charge >= 0.3 is 0 Å². The first-order valence-corrected chi connectivity index (χ1v) is 8.72. The molecule has 0 fully saturated rings. The second-order valence-corrected chi connectivity index (χ2v) is 6.00. The van der Waals surface area contributed by atoms with Crippen molar-refractivity contribution in [3.05, 3.63) is 59.7 Å². The monoisotopic (exact) mass is 362 g/mol. The first-order chi connectivity index (χ1) is 13.2. The average Bonchev–Trinajstić information content (AvgIpc) is 3.29. The number of nitrogens with zero attached hydrogens (tertiary/aromatic N) is 3. The Morgan fingerprint density at radius 1 is 1.15 bits per heavy atom. The molecule has 0 radical (unpaired) electrons. The van der Waals surface area contributed by atoms with E-state index in [1.807, 2.05) is 42.1 Å². The Balaban J connectivity index is 0.00000102. The van der Waals surface area contributed by atoms with Crippen LogP contribution in [0.4, 0.5) is 0 Å². The second kappa shape index (κ2) is 7.97. The van der Waals surface area contributed by atoms with Crippen molar-refractivity contribution in [3.8, 4) is 22.8 Å². The Morgan fingerprint density at radius 3 is 2.56 bits per heavy atom. The molecular weight excluding hydrogens is 340 g/mol. The first kappa shape index (κ1) is 18.5. The fraction of sp³-hybridized carbons (Fsp3) is 0.190. The highest BCUT2D eigenvalue weighted by atomic mass is 16.2. The number of carbonyl (C=O) groups is 1. The summed E-state index contributed by atoms with van der Waals surface area (Å²) in [7, 11) is 2.94. The summed E-state index contributed by atoms with van der Waals surface area (Å²) in [6, 6.07) is 15.6. The standard InChI is InChI=1S/C20H18N4O.CH4O/c1-3-15-18(14-7-5-4-6-8-14)23-24(2)19(15)20-21-16-10-9-13(12-25)11-17(16)22-20;1-2/h4-12H,3H2,1-2H3,(H,21,22);2H,1H3. The number of rotatable bonds is 4. The van der Waals surface area contributed by atoms with Gasteiger partial charge < -0.3 is 10.1 Å². The number of aliphatic hydroxyl groups excluding tert-OH is 1. The van der Waals surface area contributed by atoms with Crippen LogP contribution in [0, 0.1) is 0 Å². The van der Waals surface area contributed by atoms with Crippen molar-refractivity contribution in [2.45, 2.75) is 13.3 Å². The van der Waals surface area contributed by atoms with Crippen molar-refractivity contribution in [1.82, 2.24) is 19.7 Å². The van der Waals surface area contributed by atoms with Crippen molar-refractivity contribution in [2.24, 2.45) is 7.05 Å². The Hall–Kier alpha value is -3.25. The molecule has 6 heteroatoms. The number of fused-ring (bicyclic) bond motifs is 1. The third-order valence-corrected chi connectivity index (χ3v) is 4.41. The number of aryl methyl sites for hydroxylation is 1. The van der Waals surface area contributed by atoms with Crippen molar-refractivity contribution < 1.29 is 9.90 Å². The van der Waals surface area contributed by atoms with Crippen LogP contribution in [0.2, 0.25) is 0 Å². The minimum atomic E-state index is 0.633. The summed E-state index contributed by atoms with van der Waals surface area (Å²) >= 11 is 0. The zero-order valence-corrected chi connectivity index (χ0v) is 15.6. The van der Waals surface area contributed by atoms with Gasteiger partial charge in [-0.1, -0.05) is 37.3 Å². The molecule has 2 aromatic carbocycles. The number of hydrogen-bond acceptors (Lipinski definition) is 4. The molecule has 0 spiro atoms. The molecule has 2 heterocycles. The van der Waals surface area contributed by atoms with Gasteiger partial charge in [0, 0.05) is 30.8 Å². The van der Waals surface area contributed by atoms with Crippen LogP contribution in [0.3, 0.4) is 0 Å². The van der Waals surface area contributed by atoms with Crippen LogP contribution in [-0.2, 0) is 13.5 Å². The largest absolute Gasteiger partial charge is 0.400 e. The Labute approximate surface area is 157 Å². The molecule has 4 rings (SSSR count). The SMILES string of the molecule is CCc1c(-c2ccccc2)nn(C)c1-c1nc2ccc(C=O)cc2[nH]1.CO.